The van der Waals surface area contributed by atoms with E-state index in [9.17, 15) is 10.0 Å². The van der Waals surface area contributed by atoms with Crippen LogP contribution >= 0.6 is 11.6 Å². The Morgan fingerprint density at radius 1 is 1.29 bits per heavy atom. The summed E-state index contributed by atoms with van der Waals surface area (Å²) >= 11 is 6.03. The number of halogens is 1. The fourth-order valence-electron chi connectivity index (χ4n) is 3.19. The number of amides is 1. The highest BCUT2D eigenvalue weighted by Crippen LogP contribution is 2.25. The molecule has 24 heavy (non-hydrogen) atoms. The van der Waals surface area contributed by atoms with Crippen LogP contribution in [0.4, 0.5) is 0 Å². The second-order valence-corrected chi connectivity index (χ2v) is 7.24. The molecule has 0 atom stereocenters. The van der Waals surface area contributed by atoms with Gasteiger partial charge in [0.15, 0.2) is 0 Å². The lowest BCUT2D eigenvalue weighted by atomic mass is 9.96. The summed E-state index contributed by atoms with van der Waals surface area (Å²) < 4.78 is 0. The van der Waals surface area contributed by atoms with Crippen molar-refractivity contribution in [1.29, 1.82) is 0 Å². The van der Waals surface area contributed by atoms with Crippen LogP contribution in [-0.2, 0) is 11.2 Å². The minimum absolute atomic E-state index is 0.113. The first-order valence-electron chi connectivity index (χ1n) is 8.12. The van der Waals surface area contributed by atoms with E-state index >= 15 is 0 Å². The highest BCUT2D eigenvalue weighted by Gasteiger charge is 2.39. The third kappa shape index (κ3) is 4.07. The van der Waals surface area contributed by atoms with Crippen LogP contribution in [-0.4, -0.2) is 59.0 Å². The number of carbonyl (C=O) groups excluding carboxylic acids is 1. The molecule has 6 nitrogen and oxygen atoms in total. The van der Waals surface area contributed by atoms with Crippen molar-refractivity contribution < 1.29 is 10.0 Å². The van der Waals surface area contributed by atoms with Gasteiger partial charge in [-0.15, -0.1) is 0 Å². The smallest absolute Gasteiger partial charge is 0.252 e. The van der Waals surface area contributed by atoms with Crippen LogP contribution in [0.3, 0.4) is 0 Å². The summed E-state index contributed by atoms with van der Waals surface area (Å²) in [6, 6.07) is 3.65. The van der Waals surface area contributed by atoms with Gasteiger partial charge in [0.05, 0.1) is 6.42 Å². The van der Waals surface area contributed by atoms with Gasteiger partial charge in [0.1, 0.15) is 5.66 Å². The highest BCUT2D eigenvalue weighted by molar-refractivity contribution is 6.30. The van der Waals surface area contributed by atoms with Gasteiger partial charge < -0.3 is 5.73 Å². The predicted octanol–water partition coefficient (Wildman–Crippen LogP) is 1.94. The van der Waals surface area contributed by atoms with Crippen LogP contribution in [0.2, 0.25) is 5.02 Å². The van der Waals surface area contributed by atoms with E-state index in [2.05, 4.69) is 5.01 Å². The number of piperidine rings is 1. The summed E-state index contributed by atoms with van der Waals surface area (Å²) in [4.78, 5) is 12.6. The zero-order valence-corrected chi connectivity index (χ0v) is 15.6. The van der Waals surface area contributed by atoms with E-state index in [1.165, 1.54) is 0 Å². The van der Waals surface area contributed by atoms with Gasteiger partial charge >= 0.3 is 0 Å². The summed E-state index contributed by atoms with van der Waals surface area (Å²) in [6.45, 7) is 5.23. The van der Waals surface area contributed by atoms with Crippen LogP contribution in [0, 0.1) is 13.8 Å². The molecule has 134 valence electrons. The summed E-state index contributed by atoms with van der Waals surface area (Å²) in [6.07, 6.45) is 1.15. The Labute approximate surface area is 148 Å². The van der Waals surface area contributed by atoms with Crippen molar-refractivity contribution in [2.45, 2.75) is 38.8 Å². The summed E-state index contributed by atoms with van der Waals surface area (Å²) in [5.41, 5.74) is 8.06. The van der Waals surface area contributed by atoms with Gasteiger partial charge in [-0.25, -0.2) is 15.1 Å². The molecule has 0 radical (unpaired) electrons. The molecule has 1 aliphatic rings. The average molecular weight is 355 g/mol. The van der Waals surface area contributed by atoms with Gasteiger partial charge in [-0.3, -0.25) is 10.0 Å². The topological polar surface area (TPSA) is 73.0 Å². The van der Waals surface area contributed by atoms with Crippen LogP contribution in [0.1, 0.15) is 29.5 Å². The van der Waals surface area contributed by atoms with E-state index in [-0.39, 0.29) is 12.3 Å². The number of hydrogen-bond donors (Lipinski definition) is 2. The van der Waals surface area contributed by atoms with Crippen molar-refractivity contribution in [3.63, 3.8) is 0 Å². The van der Waals surface area contributed by atoms with Gasteiger partial charge in [-0.1, -0.05) is 11.6 Å². The maximum Gasteiger partial charge on any atom is 0.252 e. The van der Waals surface area contributed by atoms with Crippen molar-refractivity contribution in [2.24, 2.45) is 5.73 Å². The molecule has 0 bridgehead atoms. The molecule has 1 saturated heterocycles. The zero-order chi connectivity index (χ0) is 18.1. The van der Waals surface area contributed by atoms with Gasteiger partial charge in [0.2, 0.25) is 0 Å². The molecule has 1 heterocycles. The molecule has 0 saturated carbocycles. The molecule has 1 aliphatic heterocycles. The second kappa shape index (κ2) is 7.37. The molecule has 1 amide bonds. The monoisotopic (exact) mass is 354 g/mol. The fourth-order valence-corrected chi connectivity index (χ4v) is 3.52. The van der Waals surface area contributed by atoms with Crippen LogP contribution < -0.4 is 5.73 Å². The molecule has 2 rings (SSSR count). The third-order valence-electron chi connectivity index (χ3n) is 4.82. The number of carbonyl (C=O) groups is 1. The van der Waals surface area contributed by atoms with E-state index in [0.717, 1.165) is 21.8 Å². The number of nitrogens with two attached hydrogens (primary N) is 1. The molecule has 1 fully saturated rings. The summed E-state index contributed by atoms with van der Waals surface area (Å²) in [7, 11) is 3.94. The molecule has 0 spiro atoms. The maximum absolute atomic E-state index is 12.6. The van der Waals surface area contributed by atoms with E-state index < -0.39 is 5.66 Å². The zero-order valence-electron chi connectivity index (χ0n) is 14.8. The Kier molecular flexibility index (Phi) is 5.88. The Hall–Kier alpha value is -1.18. The quantitative estimate of drug-likeness (QED) is 0.491. The molecular weight excluding hydrogens is 328 g/mol. The molecule has 7 heteroatoms. The van der Waals surface area contributed by atoms with Gasteiger partial charge in [0.25, 0.3) is 5.91 Å². The van der Waals surface area contributed by atoms with Crippen LogP contribution in [0.15, 0.2) is 12.1 Å². The van der Waals surface area contributed by atoms with Crippen molar-refractivity contribution >= 4 is 17.5 Å². The van der Waals surface area contributed by atoms with Crippen molar-refractivity contribution in [3.05, 3.63) is 33.8 Å². The van der Waals surface area contributed by atoms with Gasteiger partial charge in [-0.05, 0) is 42.7 Å². The number of nitrogens with zero attached hydrogens (tertiary/aromatic N) is 3. The highest BCUT2D eigenvalue weighted by atomic mass is 35.5. The van der Waals surface area contributed by atoms with Gasteiger partial charge in [-0.2, -0.15) is 0 Å². The van der Waals surface area contributed by atoms with Crippen molar-refractivity contribution in [1.82, 2.24) is 15.1 Å². The van der Waals surface area contributed by atoms with Gasteiger partial charge in [0, 0.05) is 45.0 Å². The Morgan fingerprint density at radius 3 is 2.25 bits per heavy atom. The molecule has 0 aliphatic carbocycles. The molecule has 3 N–H and O–H groups in total. The molecule has 1 aromatic carbocycles. The Bertz CT molecular complexity index is 590. The standard InChI is InChI=1S/C17H27ClN4O2/c1-12-9-14(18)10-13(2)15(12)11-16(23)22(24)17(19)5-7-21(8-6-17)20(3)4/h9-10,24H,5-8,11,19H2,1-4H3. The largest absolute Gasteiger partial charge is 0.307 e. The van der Waals surface area contributed by atoms with E-state index in [1.807, 2.05) is 45.1 Å². The van der Waals surface area contributed by atoms with Crippen molar-refractivity contribution in [3.8, 4) is 0 Å². The molecule has 0 unspecified atom stereocenters. The van der Waals surface area contributed by atoms with E-state index in [4.69, 9.17) is 17.3 Å². The van der Waals surface area contributed by atoms with Crippen LogP contribution in [0.5, 0.6) is 0 Å². The number of hydrazine groups is 1. The second-order valence-electron chi connectivity index (χ2n) is 6.80. The van der Waals surface area contributed by atoms with E-state index in [1.54, 1.807) is 0 Å². The number of hydrogen-bond acceptors (Lipinski definition) is 5. The molecule has 0 aromatic heterocycles. The lowest BCUT2D eigenvalue weighted by molar-refractivity contribution is -0.205. The van der Waals surface area contributed by atoms with Crippen molar-refractivity contribution in [2.75, 3.05) is 27.2 Å². The Balaban J connectivity index is 2.08. The number of hydroxylamine groups is 2. The first kappa shape index (κ1) is 19.1. The number of rotatable bonds is 4. The summed E-state index contributed by atoms with van der Waals surface area (Å²) in [5, 5.41) is 16.0. The Morgan fingerprint density at radius 2 is 1.79 bits per heavy atom. The maximum atomic E-state index is 12.6. The SMILES string of the molecule is Cc1cc(Cl)cc(C)c1CC(=O)N(O)C1(N)CCN(N(C)C)CC1. The fraction of sp³-hybridized carbons (Fsp3) is 0.588. The predicted molar refractivity (Wildman–Crippen MR) is 94.7 cm³/mol. The van der Waals surface area contributed by atoms with E-state index in [0.29, 0.717) is 31.0 Å². The number of benzene rings is 1. The number of aryl methyl sites for hydroxylation is 2. The summed E-state index contributed by atoms with van der Waals surface area (Å²) in [5.74, 6) is -0.385. The molecule has 1 aromatic rings. The lowest BCUT2D eigenvalue weighted by Crippen LogP contribution is -2.63. The minimum Gasteiger partial charge on any atom is -0.307 e. The first-order chi connectivity index (χ1) is 11.1. The normalized spacial score (nSPS) is 18.0. The lowest BCUT2D eigenvalue weighted by Gasteiger charge is -2.44. The first-order valence-corrected chi connectivity index (χ1v) is 8.50. The van der Waals surface area contributed by atoms with Crippen LogP contribution in [0.25, 0.3) is 0 Å². The average Bonchev–Trinajstić information content (AvgIpc) is 2.50. The minimum atomic E-state index is -1.02. The molecular formula is C17H27ClN4O2. The third-order valence-corrected chi connectivity index (χ3v) is 5.04.